The molecule has 2 unspecified atom stereocenters. The zero-order chi connectivity index (χ0) is 16.1. The number of hydrogen-bond donors (Lipinski definition) is 1. The normalized spacial score (nSPS) is 46.5. The van der Waals surface area contributed by atoms with Crippen LogP contribution in [0.5, 0.6) is 0 Å². The molecule has 0 aromatic carbocycles. The summed E-state index contributed by atoms with van der Waals surface area (Å²) in [6.45, 7) is 6.08. The van der Waals surface area contributed by atoms with Gasteiger partial charge in [-0.15, -0.1) is 0 Å². The molecule has 22 heavy (non-hydrogen) atoms. The molecule has 2 saturated heterocycles. The zero-order valence-electron chi connectivity index (χ0n) is 13.4. The van der Waals surface area contributed by atoms with Gasteiger partial charge in [0.1, 0.15) is 0 Å². The van der Waals surface area contributed by atoms with Gasteiger partial charge in [0.05, 0.1) is 11.5 Å². The Balaban J connectivity index is 2.00. The summed E-state index contributed by atoms with van der Waals surface area (Å²) in [6.07, 6.45) is 2.19. The Labute approximate surface area is 130 Å². The van der Waals surface area contributed by atoms with Crippen molar-refractivity contribution in [1.29, 1.82) is 0 Å². The van der Waals surface area contributed by atoms with Gasteiger partial charge in [-0.3, -0.25) is 4.43 Å². The van der Waals surface area contributed by atoms with Crippen LogP contribution in [-0.2, 0) is 32.5 Å². The van der Waals surface area contributed by atoms with Crippen molar-refractivity contribution in [3.05, 3.63) is 0 Å². The highest BCUT2D eigenvalue weighted by Gasteiger charge is 2.75. The van der Waals surface area contributed by atoms with Crippen LogP contribution in [0, 0.1) is 10.8 Å². The van der Waals surface area contributed by atoms with Gasteiger partial charge in [-0.1, -0.05) is 20.8 Å². The topological polar surface area (TPSA) is 84.8 Å². The lowest BCUT2D eigenvalue weighted by Gasteiger charge is -2.53. The van der Waals surface area contributed by atoms with Crippen LogP contribution in [0.25, 0.3) is 0 Å². The van der Waals surface area contributed by atoms with E-state index >= 15 is 0 Å². The summed E-state index contributed by atoms with van der Waals surface area (Å²) < 4.78 is 21.9. The lowest BCUT2D eigenvalue weighted by Crippen LogP contribution is -2.60. The van der Waals surface area contributed by atoms with Gasteiger partial charge in [0.25, 0.3) is 0 Å². The second kappa shape index (κ2) is 5.47. The van der Waals surface area contributed by atoms with Crippen molar-refractivity contribution < 1.29 is 37.6 Å². The fourth-order valence-corrected chi connectivity index (χ4v) is 5.00. The molecule has 128 valence electrons. The van der Waals surface area contributed by atoms with Gasteiger partial charge in [0.2, 0.25) is 0 Å². The van der Waals surface area contributed by atoms with Crippen LogP contribution in [-0.4, -0.2) is 40.1 Å². The second-order valence-electron chi connectivity index (χ2n) is 7.06. The maximum Gasteiger partial charge on any atom is 0.713 e. The highest BCUT2D eigenvalue weighted by atomic mass is 28.4. The molecule has 1 aliphatic carbocycles. The number of aliphatic hydroxyl groups is 1. The summed E-state index contributed by atoms with van der Waals surface area (Å²) in [7, 11) is -2.00. The van der Waals surface area contributed by atoms with Crippen LogP contribution in [0.2, 0.25) is 0 Å². The average molecular weight is 336 g/mol. The predicted molar refractivity (Wildman–Crippen MR) is 73.2 cm³/mol. The second-order valence-corrected chi connectivity index (χ2v) is 9.12. The molecule has 2 heterocycles. The number of hydrogen-bond acceptors (Lipinski definition) is 8. The van der Waals surface area contributed by atoms with Crippen molar-refractivity contribution in [2.75, 3.05) is 13.9 Å². The third-order valence-electron chi connectivity index (χ3n) is 5.05. The molecule has 0 aromatic rings. The number of rotatable bonds is 2. The first-order valence-electron chi connectivity index (χ1n) is 7.53. The number of fused-ring (bicyclic) bond motifs is 2. The van der Waals surface area contributed by atoms with Crippen LogP contribution >= 0.6 is 0 Å². The fourth-order valence-electron chi connectivity index (χ4n) is 3.59. The van der Waals surface area contributed by atoms with E-state index in [1.807, 2.05) is 0 Å². The Hall–Kier alpha value is -0.103. The van der Waals surface area contributed by atoms with Crippen molar-refractivity contribution in [2.45, 2.75) is 58.5 Å². The van der Waals surface area contributed by atoms with E-state index in [-0.39, 0.29) is 18.3 Å². The van der Waals surface area contributed by atoms with Gasteiger partial charge >= 0.3 is 15.0 Å². The molecule has 0 spiro atoms. The van der Waals surface area contributed by atoms with Crippen LogP contribution in [0.1, 0.15) is 46.5 Å². The molecule has 0 aromatic heterocycles. The van der Waals surface area contributed by atoms with Crippen molar-refractivity contribution in [2.24, 2.45) is 10.8 Å². The largest absolute Gasteiger partial charge is 0.713 e. The lowest BCUT2D eigenvalue weighted by molar-refractivity contribution is -0.564. The minimum Gasteiger partial charge on any atom is -0.393 e. The Morgan fingerprint density at radius 2 is 1.86 bits per heavy atom. The first-order valence-corrected chi connectivity index (χ1v) is 9.16. The molecular formula is C13H24O8Si. The van der Waals surface area contributed by atoms with Crippen LogP contribution in [0.3, 0.4) is 0 Å². The molecular weight excluding hydrogens is 312 g/mol. The highest BCUT2D eigenvalue weighted by molar-refractivity contribution is 6.53. The summed E-state index contributed by atoms with van der Waals surface area (Å²) in [6, 6.07) is 0. The van der Waals surface area contributed by atoms with Gasteiger partial charge < -0.3 is 14.0 Å². The third kappa shape index (κ3) is 2.36. The van der Waals surface area contributed by atoms with E-state index in [0.717, 1.165) is 0 Å². The SMILES string of the molecule is CO[Si]12OCOOC(C3(C(C)(C)C)CCC(O)CC3)(OO1)O2. The Kier molecular flexibility index (Phi) is 4.16. The van der Waals surface area contributed by atoms with Crippen LogP contribution in [0.15, 0.2) is 0 Å². The molecule has 2 bridgehead atoms. The number of aliphatic hydroxyl groups excluding tert-OH is 1. The van der Waals surface area contributed by atoms with E-state index < -0.39 is 20.4 Å². The molecule has 1 N–H and O–H groups in total. The third-order valence-corrected chi connectivity index (χ3v) is 6.82. The standard InChI is InChI=1S/C13H24O8Si/c1-11(2,3)12(7-5-10(14)6-8-12)13-18-16-9-17-22(15-4,20-13)21-19-13/h10,14H,5-9H2,1-4H3. The van der Waals surface area contributed by atoms with Gasteiger partial charge in [0.15, 0.2) is 6.79 Å². The fraction of sp³-hybridized carbons (Fsp3) is 1.00. The molecule has 0 radical (unpaired) electrons. The van der Waals surface area contributed by atoms with Gasteiger partial charge in [0, 0.05) is 7.11 Å². The Morgan fingerprint density at radius 3 is 2.45 bits per heavy atom. The summed E-state index contributed by atoms with van der Waals surface area (Å²) in [5.41, 5.74) is -0.845. The molecule has 0 amide bonds. The monoisotopic (exact) mass is 336 g/mol. The molecule has 3 fully saturated rings. The Morgan fingerprint density at radius 1 is 1.18 bits per heavy atom. The molecule has 1 saturated carbocycles. The van der Waals surface area contributed by atoms with E-state index in [1.54, 1.807) is 0 Å². The maximum absolute atomic E-state index is 9.90. The van der Waals surface area contributed by atoms with Crippen LogP contribution < -0.4 is 0 Å². The summed E-state index contributed by atoms with van der Waals surface area (Å²) in [5, 5.41) is 9.90. The maximum atomic E-state index is 9.90. The zero-order valence-corrected chi connectivity index (χ0v) is 14.4. The predicted octanol–water partition coefficient (Wildman–Crippen LogP) is 1.60. The van der Waals surface area contributed by atoms with E-state index in [2.05, 4.69) is 20.8 Å². The highest BCUT2D eigenvalue weighted by Crippen LogP contribution is 2.61. The van der Waals surface area contributed by atoms with E-state index in [1.165, 1.54) is 7.11 Å². The lowest BCUT2D eigenvalue weighted by atomic mass is 9.57. The van der Waals surface area contributed by atoms with Crippen molar-refractivity contribution in [3.8, 4) is 0 Å². The van der Waals surface area contributed by atoms with E-state index in [0.29, 0.717) is 25.7 Å². The van der Waals surface area contributed by atoms with E-state index in [9.17, 15) is 5.11 Å². The molecule has 8 nitrogen and oxygen atoms in total. The van der Waals surface area contributed by atoms with Crippen molar-refractivity contribution >= 4 is 9.05 Å². The molecule has 2 aliphatic heterocycles. The summed E-state index contributed by atoms with van der Waals surface area (Å²) >= 11 is 0. The van der Waals surface area contributed by atoms with Crippen molar-refractivity contribution in [1.82, 2.24) is 0 Å². The average Bonchev–Trinajstić information content (AvgIpc) is 2.72. The summed E-state index contributed by atoms with van der Waals surface area (Å²) in [5.74, 6) is -1.57. The first-order chi connectivity index (χ1) is 10.3. The van der Waals surface area contributed by atoms with Crippen molar-refractivity contribution in [3.63, 3.8) is 0 Å². The van der Waals surface area contributed by atoms with Crippen LogP contribution in [0.4, 0.5) is 0 Å². The van der Waals surface area contributed by atoms with Gasteiger partial charge in [-0.2, -0.15) is 14.4 Å². The molecule has 3 rings (SSSR count). The minimum atomic E-state index is -3.44. The van der Waals surface area contributed by atoms with Gasteiger partial charge in [-0.05, 0) is 31.1 Å². The van der Waals surface area contributed by atoms with Gasteiger partial charge in [-0.25, -0.2) is 4.89 Å². The molecule has 9 heteroatoms. The van der Waals surface area contributed by atoms with E-state index in [4.69, 9.17) is 32.5 Å². The minimum absolute atomic E-state index is 0.159. The quantitative estimate of drug-likeness (QED) is 0.601. The summed E-state index contributed by atoms with van der Waals surface area (Å²) in [4.78, 5) is 16.1. The Bertz CT molecular complexity index is 419. The first kappa shape index (κ1) is 16.7. The smallest absolute Gasteiger partial charge is 0.393 e. The molecule has 2 atom stereocenters. The molecule has 3 aliphatic rings.